The molecule has 3 heterocycles. The van der Waals surface area contributed by atoms with E-state index < -0.39 is 5.60 Å². The zero-order valence-electron chi connectivity index (χ0n) is 24.1. The molecule has 1 amide bonds. The van der Waals surface area contributed by atoms with Gasteiger partial charge in [-0.05, 0) is 65.2 Å². The summed E-state index contributed by atoms with van der Waals surface area (Å²) in [7, 11) is 1.96. The van der Waals surface area contributed by atoms with Crippen molar-refractivity contribution in [2.75, 3.05) is 48.8 Å². The Balaban J connectivity index is 0.000000379. The third kappa shape index (κ3) is 6.92. The lowest BCUT2D eigenvalue weighted by atomic mass is 10.1. The first-order valence-electron chi connectivity index (χ1n) is 13.8. The summed E-state index contributed by atoms with van der Waals surface area (Å²) in [5, 5.41) is 7.02. The van der Waals surface area contributed by atoms with Gasteiger partial charge in [0.15, 0.2) is 6.29 Å². The Hall–Kier alpha value is -3.52. The Morgan fingerprint density at radius 3 is 2.49 bits per heavy atom. The molecule has 2 aromatic rings. The summed E-state index contributed by atoms with van der Waals surface area (Å²) in [5.74, 6) is 0.496. The molecule has 2 saturated heterocycles. The Bertz CT molecular complexity index is 1170. The first-order valence-corrected chi connectivity index (χ1v) is 13.8. The van der Waals surface area contributed by atoms with E-state index in [1.807, 2.05) is 50.9 Å². The number of ether oxygens (including phenoxy) is 1. The third-order valence-corrected chi connectivity index (χ3v) is 7.36. The van der Waals surface area contributed by atoms with Gasteiger partial charge >= 0.3 is 6.09 Å². The van der Waals surface area contributed by atoms with Gasteiger partial charge in [-0.1, -0.05) is 42.0 Å². The minimum atomic E-state index is -0.463. The molecular weight excluding hydrogens is 490 g/mol. The summed E-state index contributed by atoms with van der Waals surface area (Å²) in [6.07, 6.45) is 4.12. The molecule has 0 spiro atoms. The number of hydrogen-bond donors (Lipinski definition) is 2. The van der Waals surface area contributed by atoms with Gasteiger partial charge < -0.3 is 25.2 Å². The van der Waals surface area contributed by atoms with Crippen LogP contribution in [0.2, 0.25) is 0 Å². The van der Waals surface area contributed by atoms with E-state index in [9.17, 15) is 9.59 Å². The number of carbonyl (C=O) groups is 2. The number of nitrogens with one attached hydrogen (secondary N) is 2. The fraction of sp³-hybridized carbons (Fsp3) is 0.484. The van der Waals surface area contributed by atoms with E-state index >= 15 is 0 Å². The fourth-order valence-electron chi connectivity index (χ4n) is 5.44. The second-order valence-electron chi connectivity index (χ2n) is 11.7. The largest absolute Gasteiger partial charge is 0.444 e. The molecule has 3 aliphatic rings. The molecule has 3 unspecified atom stereocenters. The predicted octanol–water partition coefficient (Wildman–Crippen LogP) is 5.65. The van der Waals surface area contributed by atoms with Gasteiger partial charge in [0.25, 0.3) is 0 Å². The topological polar surface area (TPSA) is 77.2 Å². The second kappa shape index (κ2) is 12.1. The van der Waals surface area contributed by atoms with Crippen LogP contribution in [0, 0.1) is 5.92 Å². The summed E-state index contributed by atoms with van der Waals surface area (Å²) >= 11 is 0. The van der Waals surface area contributed by atoms with E-state index in [-0.39, 0.29) is 12.4 Å². The highest BCUT2D eigenvalue weighted by molar-refractivity contribution is 5.80. The lowest BCUT2D eigenvalue weighted by Crippen LogP contribution is -2.53. The van der Waals surface area contributed by atoms with Crippen molar-refractivity contribution in [3.05, 3.63) is 65.7 Å². The zero-order valence-corrected chi connectivity index (χ0v) is 24.1. The van der Waals surface area contributed by atoms with Crippen LogP contribution in [0.25, 0.3) is 0 Å². The van der Waals surface area contributed by atoms with Crippen LogP contribution in [0.15, 0.2) is 60.2 Å². The SMILES string of the molecule is CNc1ccc2c(c1)N(CC=C(C)C)C(N1CCC3CN(C(=O)OC(C)(C)C)CC31)N2.O=Cc1ccccc1. The maximum atomic E-state index is 12.7. The van der Waals surface area contributed by atoms with Crippen molar-refractivity contribution < 1.29 is 14.3 Å². The number of nitrogens with zero attached hydrogens (tertiary/aromatic N) is 3. The molecule has 210 valence electrons. The summed E-state index contributed by atoms with van der Waals surface area (Å²) in [5.41, 5.74) is 5.08. The average molecular weight is 534 g/mol. The van der Waals surface area contributed by atoms with Gasteiger partial charge in [-0.3, -0.25) is 9.69 Å². The van der Waals surface area contributed by atoms with Crippen LogP contribution in [0.5, 0.6) is 0 Å². The summed E-state index contributed by atoms with van der Waals surface area (Å²) in [6, 6.07) is 15.9. The molecular formula is C31H43N5O3. The molecule has 0 aliphatic carbocycles. The molecule has 3 atom stereocenters. The minimum absolute atomic E-state index is 0.0892. The second-order valence-corrected chi connectivity index (χ2v) is 11.7. The smallest absolute Gasteiger partial charge is 0.410 e. The summed E-state index contributed by atoms with van der Waals surface area (Å²) in [6.45, 7) is 13.5. The molecule has 8 heteroatoms. The van der Waals surface area contributed by atoms with Crippen molar-refractivity contribution in [1.29, 1.82) is 0 Å². The normalized spacial score (nSPS) is 21.7. The van der Waals surface area contributed by atoms with Crippen molar-refractivity contribution in [3.63, 3.8) is 0 Å². The van der Waals surface area contributed by atoms with Crippen molar-refractivity contribution in [1.82, 2.24) is 9.80 Å². The van der Waals surface area contributed by atoms with Crippen LogP contribution in [0.3, 0.4) is 0 Å². The average Bonchev–Trinajstić information content (AvgIpc) is 3.59. The number of benzene rings is 2. The molecule has 0 radical (unpaired) electrons. The Morgan fingerprint density at radius 1 is 1.13 bits per heavy atom. The van der Waals surface area contributed by atoms with E-state index in [1.165, 1.54) is 11.3 Å². The fourth-order valence-corrected chi connectivity index (χ4v) is 5.44. The Kier molecular flexibility index (Phi) is 8.85. The van der Waals surface area contributed by atoms with Crippen LogP contribution in [-0.2, 0) is 4.74 Å². The van der Waals surface area contributed by atoms with Gasteiger partial charge in [0.05, 0.1) is 11.4 Å². The van der Waals surface area contributed by atoms with E-state index in [0.717, 1.165) is 55.8 Å². The van der Waals surface area contributed by atoms with Crippen LogP contribution in [-0.4, -0.2) is 73.3 Å². The summed E-state index contributed by atoms with van der Waals surface area (Å²) in [4.78, 5) is 29.6. The molecule has 39 heavy (non-hydrogen) atoms. The quantitative estimate of drug-likeness (QED) is 0.380. The molecule has 3 aliphatic heterocycles. The number of aldehydes is 1. The number of hydrogen-bond acceptors (Lipinski definition) is 7. The molecule has 0 saturated carbocycles. The summed E-state index contributed by atoms with van der Waals surface area (Å²) < 4.78 is 5.64. The highest BCUT2D eigenvalue weighted by Gasteiger charge is 2.48. The molecule has 0 bridgehead atoms. The van der Waals surface area contributed by atoms with Crippen molar-refractivity contribution in [3.8, 4) is 0 Å². The number of amides is 1. The number of carbonyl (C=O) groups excluding carboxylic acids is 2. The molecule has 2 N–H and O–H groups in total. The maximum Gasteiger partial charge on any atom is 0.410 e. The Labute approximate surface area is 233 Å². The molecule has 2 aromatic carbocycles. The Morgan fingerprint density at radius 2 is 1.87 bits per heavy atom. The van der Waals surface area contributed by atoms with Crippen LogP contribution in [0.4, 0.5) is 21.9 Å². The molecule has 2 fully saturated rings. The predicted molar refractivity (Wildman–Crippen MR) is 158 cm³/mol. The standard InChI is InChI=1S/C24H37N5O2.C7H6O/c1-16(2)9-11-28-20-13-18(25-6)7-8-19(20)26-22(28)29-12-10-17-14-27(15-21(17)29)23(30)31-24(3,4)5;8-6-7-4-2-1-3-5-7/h7-9,13,17,21-22,25-26H,10-12,14-15H2,1-6H3;1-6H. The highest BCUT2D eigenvalue weighted by atomic mass is 16.6. The lowest BCUT2D eigenvalue weighted by Gasteiger charge is -2.37. The molecule has 8 nitrogen and oxygen atoms in total. The monoisotopic (exact) mass is 533 g/mol. The van der Waals surface area contributed by atoms with E-state index in [0.29, 0.717) is 12.0 Å². The van der Waals surface area contributed by atoms with E-state index in [4.69, 9.17) is 4.74 Å². The zero-order chi connectivity index (χ0) is 28.2. The highest BCUT2D eigenvalue weighted by Crippen LogP contribution is 2.42. The van der Waals surface area contributed by atoms with Gasteiger partial charge in [0.2, 0.25) is 0 Å². The first-order chi connectivity index (χ1) is 18.6. The van der Waals surface area contributed by atoms with Gasteiger partial charge in [-0.25, -0.2) is 4.79 Å². The first kappa shape index (κ1) is 28.5. The number of rotatable bonds is 5. The van der Waals surface area contributed by atoms with Gasteiger partial charge in [-0.2, -0.15) is 0 Å². The van der Waals surface area contributed by atoms with Crippen LogP contribution in [0.1, 0.15) is 51.4 Å². The van der Waals surface area contributed by atoms with Gasteiger partial charge in [0, 0.05) is 50.5 Å². The maximum absolute atomic E-state index is 12.7. The number of likely N-dealkylation sites (tertiary alicyclic amines) is 2. The van der Waals surface area contributed by atoms with Crippen molar-refractivity contribution in [2.45, 2.75) is 59.0 Å². The number of anilines is 3. The number of allylic oxidation sites excluding steroid dienone is 1. The molecule has 5 rings (SSSR count). The van der Waals surface area contributed by atoms with Crippen molar-refractivity contribution >= 4 is 29.4 Å². The lowest BCUT2D eigenvalue weighted by molar-refractivity contribution is 0.0268. The third-order valence-electron chi connectivity index (χ3n) is 7.36. The van der Waals surface area contributed by atoms with Crippen LogP contribution < -0.4 is 15.5 Å². The number of fused-ring (bicyclic) bond motifs is 2. The van der Waals surface area contributed by atoms with Gasteiger partial charge in [0.1, 0.15) is 11.9 Å². The van der Waals surface area contributed by atoms with E-state index in [2.05, 4.69) is 58.6 Å². The van der Waals surface area contributed by atoms with Gasteiger partial charge in [-0.15, -0.1) is 0 Å². The van der Waals surface area contributed by atoms with Crippen molar-refractivity contribution in [2.24, 2.45) is 5.92 Å². The minimum Gasteiger partial charge on any atom is -0.444 e. The van der Waals surface area contributed by atoms with Crippen LogP contribution >= 0.6 is 0 Å². The molecule has 0 aromatic heterocycles. The van der Waals surface area contributed by atoms with E-state index in [1.54, 1.807) is 12.1 Å².